The third-order valence-electron chi connectivity index (χ3n) is 4.04. The van der Waals surface area contributed by atoms with Gasteiger partial charge in [-0.2, -0.15) is 0 Å². The molecule has 0 aliphatic carbocycles. The summed E-state index contributed by atoms with van der Waals surface area (Å²) in [5.41, 5.74) is 4.78. The molecule has 1 N–H and O–H groups in total. The Bertz CT molecular complexity index is 1140. The Labute approximate surface area is 152 Å². The number of aromatic nitrogens is 5. The van der Waals surface area contributed by atoms with E-state index in [4.69, 9.17) is 4.42 Å². The number of thioether (sulfide) groups is 1. The molecule has 0 aliphatic heterocycles. The highest BCUT2D eigenvalue weighted by atomic mass is 32.2. The van der Waals surface area contributed by atoms with Crippen molar-refractivity contribution in [2.45, 2.75) is 24.8 Å². The molecule has 1 aromatic carbocycles. The van der Waals surface area contributed by atoms with Crippen LogP contribution in [0.1, 0.15) is 16.8 Å². The molecule has 0 amide bonds. The van der Waals surface area contributed by atoms with Crippen molar-refractivity contribution in [2.24, 2.45) is 0 Å². The van der Waals surface area contributed by atoms with Crippen LogP contribution < -0.4 is 5.56 Å². The van der Waals surface area contributed by atoms with Gasteiger partial charge in [0.2, 0.25) is 5.89 Å². The summed E-state index contributed by atoms with van der Waals surface area (Å²) in [7, 11) is 0. The maximum Gasteiger partial charge on any atom is 0.277 e. The maximum absolute atomic E-state index is 12.3. The van der Waals surface area contributed by atoms with E-state index in [0.29, 0.717) is 22.6 Å². The summed E-state index contributed by atoms with van der Waals surface area (Å²) < 4.78 is 5.63. The number of pyridine rings is 1. The van der Waals surface area contributed by atoms with E-state index in [0.717, 1.165) is 27.7 Å². The van der Waals surface area contributed by atoms with Crippen molar-refractivity contribution in [3.05, 3.63) is 63.8 Å². The zero-order valence-electron chi connectivity index (χ0n) is 14.2. The Kier molecular flexibility index (Phi) is 4.26. The van der Waals surface area contributed by atoms with Gasteiger partial charge in [0.25, 0.3) is 10.8 Å². The molecular formula is C18H15N5O2S. The molecule has 0 aliphatic rings. The van der Waals surface area contributed by atoms with Crippen molar-refractivity contribution < 1.29 is 4.42 Å². The molecule has 4 rings (SSSR count). The third-order valence-corrected chi connectivity index (χ3v) is 4.87. The highest BCUT2D eigenvalue weighted by molar-refractivity contribution is 7.98. The van der Waals surface area contributed by atoms with Crippen LogP contribution in [0.3, 0.4) is 0 Å². The second-order valence-corrected chi connectivity index (χ2v) is 6.79. The van der Waals surface area contributed by atoms with E-state index in [1.54, 1.807) is 24.5 Å². The molecule has 0 saturated carbocycles. The van der Waals surface area contributed by atoms with Gasteiger partial charge in [0.05, 0.1) is 16.8 Å². The quantitative estimate of drug-likeness (QED) is 0.554. The van der Waals surface area contributed by atoms with Crippen LogP contribution in [0, 0.1) is 13.8 Å². The summed E-state index contributed by atoms with van der Waals surface area (Å²) in [5, 5.41) is 8.42. The zero-order valence-corrected chi connectivity index (χ0v) is 15.0. The summed E-state index contributed by atoms with van der Waals surface area (Å²) in [4.78, 5) is 23.6. The van der Waals surface area contributed by atoms with Crippen molar-refractivity contribution >= 4 is 22.8 Å². The molecule has 0 atom stereocenters. The summed E-state index contributed by atoms with van der Waals surface area (Å²) >= 11 is 1.28. The number of hydrogen-bond acceptors (Lipinski definition) is 7. The van der Waals surface area contributed by atoms with Crippen LogP contribution in [0.2, 0.25) is 0 Å². The number of aromatic amines is 1. The predicted octanol–water partition coefficient (Wildman–Crippen LogP) is 3.28. The second kappa shape index (κ2) is 6.72. The lowest BCUT2D eigenvalue weighted by Gasteiger charge is -2.05. The minimum Gasteiger partial charge on any atom is -0.411 e. The Morgan fingerprint density at radius 1 is 1.12 bits per heavy atom. The van der Waals surface area contributed by atoms with Gasteiger partial charge in [-0.1, -0.05) is 11.8 Å². The van der Waals surface area contributed by atoms with Crippen LogP contribution in [0.4, 0.5) is 0 Å². The largest absolute Gasteiger partial charge is 0.411 e. The fraction of sp³-hybridized carbons (Fsp3) is 0.167. The van der Waals surface area contributed by atoms with Crippen molar-refractivity contribution in [1.82, 2.24) is 25.1 Å². The first-order valence-electron chi connectivity index (χ1n) is 7.97. The lowest BCUT2D eigenvalue weighted by atomic mass is 10.1. The standard InChI is InChI=1S/C18H15N5O2S/c1-10-7-13-14(8-11(10)2)21-16(24)15(20-13)9-26-18-23-22-17(25-18)12-3-5-19-6-4-12/h3-8H,9H2,1-2H3,(H,21,24). The van der Waals surface area contributed by atoms with Crippen LogP contribution in [0.25, 0.3) is 22.5 Å². The fourth-order valence-corrected chi connectivity index (χ4v) is 3.18. The van der Waals surface area contributed by atoms with E-state index in [1.165, 1.54) is 11.8 Å². The van der Waals surface area contributed by atoms with E-state index in [1.807, 2.05) is 26.0 Å². The van der Waals surface area contributed by atoms with Gasteiger partial charge in [-0.3, -0.25) is 9.78 Å². The molecule has 0 unspecified atom stereocenters. The smallest absolute Gasteiger partial charge is 0.277 e. The van der Waals surface area contributed by atoms with Gasteiger partial charge in [-0.15, -0.1) is 10.2 Å². The average molecular weight is 365 g/mol. The minimum atomic E-state index is -0.206. The number of fused-ring (bicyclic) bond motifs is 1. The molecule has 26 heavy (non-hydrogen) atoms. The van der Waals surface area contributed by atoms with Crippen LogP contribution in [0.5, 0.6) is 0 Å². The monoisotopic (exact) mass is 365 g/mol. The summed E-state index contributed by atoms with van der Waals surface area (Å²) in [5.74, 6) is 0.761. The Balaban J connectivity index is 1.56. The van der Waals surface area contributed by atoms with Crippen LogP contribution in [-0.4, -0.2) is 25.1 Å². The van der Waals surface area contributed by atoms with Crippen molar-refractivity contribution in [1.29, 1.82) is 0 Å². The second-order valence-electron chi connectivity index (χ2n) is 5.86. The molecule has 0 bridgehead atoms. The number of aryl methyl sites for hydroxylation is 2. The molecular weight excluding hydrogens is 350 g/mol. The van der Waals surface area contributed by atoms with Crippen LogP contribution in [-0.2, 0) is 5.75 Å². The zero-order chi connectivity index (χ0) is 18.1. The SMILES string of the molecule is Cc1cc2nc(CSc3nnc(-c4ccncc4)o3)c(=O)[nH]c2cc1C. The average Bonchev–Trinajstić information content (AvgIpc) is 3.11. The topological polar surface area (TPSA) is 97.6 Å². The number of rotatable bonds is 4. The van der Waals surface area contributed by atoms with Gasteiger partial charge in [0.1, 0.15) is 5.69 Å². The number of nitrogens with zero attached hydrogens (tertiary/aromatic N) is 4. The molecule has 0 fully saturated rings. The van der Waals surface area contributed by atoms with Gasteiger partial charge >= 0.3 is 0 Å². The highest BCUT2D eigenvalue weighted by Crippen LogP contribution is 2.24. The maximum atomic E-state index is 12.3. The summed E-state index contributed by atoms with van der Waals surface area (Å²) in [6.45, 7) is 4.03. The van der Waals surface area contributed by atoms with Crippen molar-refractivity contribution in [2.75, 3.05) is 0 Å². The Morgan fingerprint density at radius 3 is 2.69 bits per heavy atom. The molecule has 0 radical (unpaired) electrons. The Morgan fingerprint density at radius 2 is 1.88 bits per heavy atom. The van der Waals surface area contributed by atoms with E-state index < -0.39 is 0 Å². The third kappa shape index (κ3) is 3.23. The van der Waals surface area contributed by atoms with Crippen LogP contribution in [0.15, 0.2) is 51.1 Å². The molecule has 7 nitrogen and oxygen atoms in total. The first kappa shape index (κ1) is 16.5. The number of hydrogen-bond donors (Lipinski definition) is 1. The van der Waals surface area contributed by atoms with Gasteiger partial charge in [-0.05, 0) is 49.2 Å². The normalized spacial score (nSPS) is 11.2. The lowest BCUT2D eigenvalue weighted by molar-refractivity contribution is 0.465. The Hall–Kier alpha value is -3.00. The van der Waals surface area contributed by atoms with E-state index in [9.17, 15) is 4.79 Å². The summed E-state index contributed by atoms with van der Waals surface area (Å²) in [6.07, 6.45) is 3.32. The lowest BCUT2D eigenvalue weighted by Crippen LogP contribution is -2.14. The van der Waals surface area contributed by atoms with Gasteiger partial charge < -0.3 is 9.40 Å². The molecule has 0 spiro atoms. The van der Waals surface area contributed by atoms with E-state index in [2.05, 4.69) is 25.1 Å². The van der Waals surface area contributed by atoms with E-state index in [-0.39, 0.29) is 5.56 Å². The summed E-state index contributed by atoms with van der Waals surface area (Å²) in [6, 6.07) is 7.50. The number of benzene rings is 1. The van der Waals surface area contributed by atoms with E-state index >= 15 is 0 Å². The number of H-pyrrole nitrogens is 1. The molecule has 3 heterocycles. The first-order valence-corrected chi connectivity index (χ1v) is 8.95. The van der Waals surface area contributed by atoms with Crippen molar-refractivity contribution in [3.63, 3.8) is 0 Å². The van der Waals surface area contributed by atoms with Crippen molar-refractivity contribution in [3.8, 4) is 11.5 Å². The van der Waals surface area contributed by atoms with Gasteiger partial charge in [0.15, 0.2) is 0 Å². The molecule has 3 aromatic heterocycles. The van der Waals surface area contributed by atoms with Crippen LogP contribution >= 0.6 is 11.8 Å². The predicted molar refractivity (Wildman–Crippen MR) is 98.9 cm³/mol. The van der Waals surface area contributed by atoms with Gasteiger partial charge in [0, 0.05) is 18.0 Å². The molecule has 4 aromatic rings. The first-order chi connectivity index (χ1) is 12.6. The number of nitrogens with one attached hydrogen (secondary N) is 1. The molecule has 0 saturated heterocycles. The molecule has 130 valence electrons. The fourth-order valence-electron chi connectivity index (χ4n) is 2.49. The van der Waals surface area contributed by atoms with Gasteiger partial charge in [-0.25, -0.2) is 4.98 Å². The minimum absolute atomic E-state index is 0.206. The highest BCUT2D eigenvalue weighted by Gasteiger charge is 2.12. The molecule has 8 heteroatoms.